The SMILES string of the molecule is O=C(NC1CCN(c2ncnc3c(Cl)cccc23)CC1)c1cccc(Cl)c1Cl.O=C(NC1CCN(c2ncnc3cc(C(F)(F)F)ccc23)CC1)c1cccc(Cl)c1Cl. The Kier molecular flexibility index (Phi) is 13.2. The van der Waals surface area contributed by atoms with Gasteiger partial charge in [-0.1, -0.05) is 76.2 Å². The van der Waals surface area contributed by atoms with E-state index < -0.39 is 11.7 Å². The van der Waals surface area contributed by atoms with Gasteiger partial charge in [-0.2, -0.15) is 13.2 Å². The van der Waals surface area contributed by atoms with E-state index in [1.807, 2.05) is 23.1 Å². The summed E-state index contributed by atoms with van der Waals surface area (Å²) < 4.78 is 39.0. The molecule has 0 radical (unpaired) electrons. The molecule has 0 bridgehead atoms. The van der Waals surface area contributed by atoms with Gasteiger partial charge in [0.1, 0.15) is 24.3 Å². The van der Waals surface area contributed by atoms with Crippen LogP contribution in [-0.2, 0) is 6.18 Å². The fourth-order valence-corrected chi connectivity index (χ4v) is 8.11. The highest BCUT2D eigenvalue weighted by Gasteiger charge is 2.31. The molecule has 2 fully saturated rings. The predicted molar refractivity (Wildman–Crippen MR) is 227 cm³/mol. The number of fused-ring (bicyclic) bond motifs is 2. The molecule has 8 rings (SSSR count). The minimum absolute atomic E-state index is 0.0653. The Balaban J connectivity index is 0.000000180. The number of piperidine rings is 2. The summed E-state index contributed by atoms with van der Waals surface area (Å²) in [6.07, 6.45) is 1.28. The van der Waals surface area contributed by atoms with E-state index in [4.69, 9.17) is 58.0 Å². The van der Waals surface area contributed by atoms with Crippen molar-refractivity contribution in [3.63, 3.8) is 0 Å². The molecule has 2 N–H and O–H groups in total. The lowest BCUT2D eigenvalue weighted by Gasteiger charge is -2.33. The zero-order valence-electron chi connectivity index (χ0n) is 30.9. The lowest BCUT2D eigenvalue weighted by atomic mass is 10.0. The van der Waals surface area contributed by atoms with Gasteiger partial charge in [-0.05, 0) is 80.3 Å². The Morgan fingerprint density at radius 1 is 0.593 bits per heavy atom. The van der Waals surface area contributed by atoms with Crippen molar-refractivity contribution in [3.05, 3.63) is 127 Å². The molecule has 4 aromatic carbocycles. The first-order valence-corrected chi connectivity index (χ1v) is 20.4. The summed E-state index contributed by atoms with van der Waals surface area (Å²) in [5.41, 5.74) is 0.962. The van der Waals surface area contributed by atoms with Gasteiger partial charge in [-0.25, -0.2) is 19.9 Å². The van der Waals surface area contributed by atoms with E-state index in [0.717, 1.165) is 54.8 Å². The number of amides is 2. The van der Waals surface area contributed by atoms with Crippen LogP contribution in [0, 0.1) is 0 Å². The number of hydrogen-bond acceptors (Lipinski definition) is 8. The highest BCUT2D eigenvalue weighted by Crippen LogP contribution is 2.34. The van der Waals surface area contributed by atoms with Gasteiger partial charge in [0.15, 0.2) is 0 Å². The number of carbonyl (C=O) groups is 2. The molecule has 2 saturated heterocycles. The van der Waals surface area contributed by atoms with E-state index in [1.165, 1.54) is 12.4 Å². The van der Waals surface area contributed by atoms with Crippen molar-refractivity contribution in [2.24, 2.45) is 0 Å². The van der Waals surface area contributed by atoms with E-state index in [2.05, 4.69) is 35.5 Å². The van der Waals surface area contributed by atoms with Crippen LogP contribution in [0.15, 0.2) is 85.5 Å². The second-order valence-electron chi connectivity index (χ2n) is 13.9. The Morgan fingerprint density at radius 2 is 1.07 bits per heavy atom. The third-order valence-corrected chi connectivity index (χ3v) is 12.1. The van der Waals surface area contributed by atoms with Crippen molar-refractivity contribution in [1.29, 1.82) is 0 Å². The van der Waals surface area contributed by atoms with Crippen molar-refractivity contribution >= 4 is 103 Å². The van der Waals surface area contributed by atoms with E-state index in [0.29, 0.717) is 63.3 Å². The number of nitrogens with zero attached hydrogens (tertiary/aromatic N) is 6. The van der Waals surface area contributed by atoms with E-state index in [9.17, 15) is 22.8 Å². The predicted octanol–water partition coefficient (Wildman–Crippen LogP) is 10.3. The highest BCUT2D eigenvalue weighted by atomic mass is 35.5. The first kappa shape index (κ1) is 42.5. The maximum Gasteiger partial charge on any atom is 0.416 e. The summed E-state index contributed by atoms with van der Waals surface area (Å²) in [4.78, 5) is 46.3. The largest absolute Gasteiger partial charge is 0.416 e. The number of hydrogen-bond donors (Lipinski definition) is 2. The number of alkyl halides is 3. The third kappa shape index (κ3) is 9.71. The summed E-state index contributed by atoms with van der Waals surface area (Å²) in [5.74, 6) is 0.958. The van der Waals surface area contributed by atoms with Crippen LogP contribution in [0.5, 0.6) is 0 Å². The summed E-state index contributed by atoms with van der Waals surface area (Å²) >= 11 is 30.5. The molecule has 2 amide bonds. The standard InChI is InChI=1S/C21H17Cl2F3N4O.C20H17Cl3N4O/c22-16-3-1-2-15(18(16)23)20(31)29-13-6-8-30(9-7-13)19-14-5-4-12(21(24,25)26)10-17(14)27-11-28-19;21-15-5-1-3-13(17(15)23)20(28)26-12-7-9-27(10-8-12)19-14-4-2-6-16(22)18(14)24-11-25-19/h1-5,10-11,13H,6-9H2,(H,29,31);1-6,11-12H,7-10H2,(H,26,28). The zero-order valence-corrected chi connectivity index (χ0v) is 34.7. The molecule has 59 heavy (non-hydrogen) atoms. The Bertz CT molecular complexity index is 2510. The molecule has 18 heteroatoms. The van der Waals surface area contributed by atoms with Crippen LogP contribution >= 0.6 is 58.0 Å². The average molecular weight is 905 g/mol. The number of benzene rings is 4. The smallest absolute Gasteiger partial charge is 0.356 e. The van der Waals surface area contributed by atoms with E-state index >= 15 is 0 Å². The molecule has 6 aromatic rings. The van der Waals surface area contributed by atoms with Gasteiger partial charge >= 0.3 is 6.18 Å². The summed E-state index contributed by atoms with van der Waals surface area (Å²) in [6.45, 7) is 2.71. The fraction of sp³-hybridized carbons (Fsp3) is 0.268. The van der Waals surface area contributed by atoms with Crippen molar-refractivity contribution < 1.29 is 22.8 Å². The normalized spacial score (nSPS) is 15.2. The van der Waals surface area contributed by atoms with Gasteiger partial charge < -0.3 is 20.4 Å². The molecule has 0 aliphatic carbocycles. The molecule has 2 aliphatic rings. The molecule has 306 valence electrons. The molecule has 0 atom stereocenters. The zero-order chi connectivity index (χ0) is 41.8. The van der Waals surface area contributed by atoms with Gasteiger partial charge in [-0.15, -0.1) is 0 Å². The number of carbonyl (C=O) groups excluding carboxylic acids is 2. The second-order valence-corrected chi connectivity index (χ2v) is 15.9. The topological polar surface area (TPSA) is 116 Å². The van der Waals surface area contributed by atoms with Crippen LogP contribution in [0.3, 0.4) is 0 Å². The highest BCUT2D eigenvalue weighted by molar-refractivity contribution is 6.44. The van der Waals surface area contributed by atoms with Gasteiger partial charge in [0.2, 0.25) is 0 Å². The summed E-state index contributed by atoms with van der Waals surface area (Å²) in [7, 11) is 0. The summed E-state index contributed by atoms with van der Waals surface area (Å²) in [6, 6.07) is 19.1. The van der Waals surface area contributed by atoms with Crippen molar-refractivity contribution in [2.75, 3.05) is 36.0 Å². The molecular weight excluding hydrogens is 871 g/mol. The number of nitrogens with one attached hydrogen (secondary N) is 2. The summed E-state index contributed by atoms with van der Waals surface area (Å²) in [5, 5.41) is 9.31. The first-order valence-electron chi connectivity index (χ1n) is 18.5. The number of aromatic nitrogens is 4. The maximum atomic E-state index is 13.0. The van der Waals surface area contributed by atoms with Crippen LogP contribution < -0.4 is 20.4 Å². The quantitative estimate of drug-likeness (QED) is 0.170. The molecule has 0 spiro atoms. The van der Waals surface area contributed by atoms with Gasteiger partial charge in [-0.3, -0.25) is 9.59 Å². The minimum atomic E-state index is -4.43. The Morgan fingerprint density at radius 3 is 1.59 bits per heavy atom. The lowest BCUT2D eigenvalue weighted by Crippen LogP contribution is -2.45. The molecule has 0 unspecified atom stereocenters. The van der Waals surface area contributed by atoms with E-state index in [-0.39, 0.29) is 39.5 Å². The Hall–Kier alpha value is -4.66. The molecule has 2 aliphatic heterocycles. The first-order chi connectivity index (χ1) is 28.3. The minimum Gasteiger partial charge on any atom is -0.356 e. The van der Waals surface area contributed by atoms with Gasteiger partial charge in [0.05, 0.1) is 52.8 Å². The molecular formula is C41H34Cl5F3N8O2. The number of para-hydroxylation sites is 1. The van der Waals surface area contributed by atoms with Crippen molar-refractivity contribution in [2.45, 2.75) is 43.9 Å². The Labute approximate surface area is 362 Å². The maximum absolute atomic E-state index is 13.0. The average Bonchev–Trinajstić information content (AvgIpc) is 3.23. The monoisotopic (exact) mass is 902 g/mol. The van der Waals surface area contributed by atoms with Gasteiger partial charge in [0, 0.05) is 49.0 Å². The third-order valence-electron chi connectivity index (χ3n) is 10.2. The van der Waals surface area contributed by atoms with Crippen molar-refractivity contribution in [1.82, 2.24) is 30.6 Å². The molecule has 0 saturated carbocycles. The van der Waals surface area contributed by atoms with Crippen molar-refractivity contribution in [3.8, 4) is 0 Å². The van der Waals surface area contributed by atoms with Gasteiger partial charge in [0.25, 0.3) is 11.8 Å². The van der Waals surface area contributed by atoms with Crippen LogP contribution in [0.1, 0.15) is 52.0 Å². The van der Waals surface area contributed by atoms with E-state index in [1.54, 1.807) is 42.7 Å². The lowest BCUT2D eigenvalue weighted by molar-refractivity contribution is -0.137. The second kappa shape index (κ2) is 18.3. The van der Waals surface area contributed by atoms with Crippen LogP contribution in [0.4, 0.5) is 24.8 Å². The number of halogens is 8. The number of anilines is 2. The molecule has 10 nitrogen and oxygen atoms in total. The molecule has 4 heterocycles. The van der Waals surface area contributed by atoms with Crippen LogP contribution in [0.25, 0.3) is 21.8 Å². The fourth-order valence-electron chi connectivity index (χ4n) is 7.12. The molecule has 2 aromatic heterocycles. The number of rotatable bonds is 6. The van der Waals surface area contributed by atoms with Crippen LogP contribution in [0.2, 0.25) is 25.1 Å². The van der Waals surface area contributed by atoms with Crippen LogP contribution in [-0.4, -0.2) is 70.0 Å².